The van der Waals surface area contributed by atoms with Gasteiger partial charge in [-0.1, -0.05) is 24.2 Å². The van der Waals surface area contributed by atoms with E-state index in [-0.39, 0.29) is 28.9 Å². The molecule has 0 radical (unpaired) electrons. The number of nitrogens with two attached hydrogens (primary N) is 1. The van der Waals surface area contributed by atoms with Crippen molar-refractivity contribution in [2.24, 2.45) is 5.73 Å². The molecule has 2 heterocycles. The van der Waals surface area contributed by atoms with E-state index in [1.807, 2.05) is 32.2 Å². The fourth-order valence-electron chi connectivity index (χ4n) is 3.88. The monoisotopic (exact) mass is 512 g/mol. The number of hydrogen-bond acceptors (Lipinski definition) is 8. The number of fused-ring (bicyclic) bond motifs is 1. The van der Waals surface area contributed by atoms with Gasteiger partial charge in [-0.2, -0.15) is 5.10 Å². The lowest BCUT2D eigenvalue weighted by atomic mass is 10.1. The molecule has 0 aliphatic rings. The van der Waals surface area contributed by atoms with Gasteiger partial charge in [-0.25, -0.2) is 8.42 Å². The van der Waals surface area contributed by atoms with E-state index in [1.165, 1.54) is 7.11 Å². The van der Waals surface area contributed by atoms with Crippen LogP contribution in [0.5, 0.6) is 5.75 Å². The molecule has 0 unspecified atom stereocenters. The van der Waals surface area contributed by atoms with Crippen molar-refractivity contribution < 1.29 is 22.5 Å². The quantitative estimate of drug-likeness (QED) is 0.292. The molecule has 2 aromatic carbocycles. The summed E-state index contributed by atoms with van der Waals surface area (Å²) >= 11 is 0. The fourth-order valence-corrected chi connectivity index (χ4v) is 5.11. The van der Waals surface area contributed by atoms with Crippen LogP contribution in [0, 0.1) is 6.92 Å². The molecule has 0 saturated heterocycles. The number of rotatable bonds is 10. The number of aromatic nitrogens is 3. The van der Waals surface area contributed by atoms with Crippen molar-refractivity contribution in [1.29, 1.82) is 0 Å². The van der Waals surface area contributed by atoms with Gasteiger partial charge in [0.2, 0.25) is 5.91 Å². The van der Waals surface area contributed by atoms with Gasteiger partial charge in [0.05, 0.1) is 31.8 Å². The summed E-state index contributed by atoms with van der Waals surface area (Å²) < 4.78 is 41.5. The normalized spacial score (nSPS) is 11.6. The van der Waals surface area contributed by atoms with Crippen LogP contribution in [0.25, 0.3) is 11.0 Å². The number of amides is 1. The Morgan fingerprint density at radius 3 is 2.72 bits per heavy atom. The van der Waals surface area contributed by atoms with Gasteiger partial charge in [0.15, 0.2) is 11.4 Å². The third-order valence-electron chi connectivity index (χ3n) is 5.69. The molecule has 11 nitrogen and oxygen atoms in total. The minimum Gasteiger partial charge on any atom is -0.495 e. The standard InChI is InChI=1S/C24H28N6O5S/c1-4-16-5-6-19(34-3)21(9-16)36(32,33)29-24-23-15(2)7-17(8-20(23)35-28-24)13-30-14-18(12-27-30)11-26-22(31)10-25/h5-9,12,14H,4,10-11,13,25H2,1-3H3,(H,26,31)(H,28,29). The number of carbonyl (C=O) groups excluding carboxylic acids is 1. The molecule has 0 aliphatic carbocycles. The van der Waals surface area contributed by atoms with Crippen molar-refractivity contribution in [3.63, 3.8) is 0 Å². The second kappa shape index (κ2) is 10.4. The Hall–Kier alpha value is -3.90. The van der Waals surface area contributed by atoms with Crippen LogP contribution in [0.3, 0.4) is 0 Å². The lowest BCUT2D eigenvalue weighted by Gasteiger charge is -2.12. The zero-order chi connectivity index (χ0) is 25.9. The Morgan fingerprint density at radius 2 is 2.00 bits per heavy atom. The molecule has 36 heavy (non-hydrogen) atoms. The lowest BCUT2D eigenvalue weighted by Crippen LogP contribution is -2.29. The van der Waals surface area contributed by atoms with Gasteiger partial charge < -0.3 is 20.3 Å². The minimum atomic E-state index is -3.99. The summed E-state index contributed by atoms with van der Waals surface area (Å²) in [5.74, 6) is 0.111. The molecular formula is C24H28N6O5S. The minimum absolute atomic E-state index is 0.0342. The van der Waals surface area contributed by atoms with Crippen LogP contribution in [0.15, 0.2) is 52.1 Å². The average Bonchev–Trinajstić information content (AvgIpc) is 3.48. The molecule has 12 heteroatoms. The second-order valence-electron chi connectivity index (χ2n) is 8.29. The van der Waals surface area contributed by atoms with Crippen LogP contribution < -0.4 is 20.5 Å². The molecule has 0 saturated carbocycles. The van der Waals surface area contributed by atoms with E-state index in [1.54, 1.807) is 29.1 Å². The highest BCUT2D eigenvalue weighted by Crippen LogP contribution is 2.32. The molecule has 0 aliphatic heterocycles. The summed E-state index contributed by atoms with van der Waals surface area (Å²) in [6.07, 6.45) is 4.18. The fraction of sp³-hybridized carbons (Fsp3) is 0.292. The first-order valence-corrected chi connectivity index (χ1v) is 12.8. The van der Waals surface area contributed by atoms with Crippen LogP contribution in [-0.2, 0) is 34.3 Å². The Bertz CT molecular complexity index is 1510. The molecule has 4 rings (SSSR count). The third-order valence-corrected chi connectivity index (χ3v) is 7.05. The predicted octanol–water partition coefficient (Wildman–Crippen LogP) is 2.33. The number of aryl methyl sites for hydroxylation is 2. The maximum Gasteiger partial charge on any atom is 0.266 e. The van der Waals surface area contributed by atoms with E-state index in [9.17, 15) is 13.2 Å². The molecule has 4 N–H and O–H groups in total. The van der Waals surface area contributed by atoms with E-state index >= 15 is 0 Å². The largest absolute Gasteiger partial charge is 0.495 e. The third kappa shape index (κ3) is 5.34. The molecule has 0 spiro atoms. The number of sulfonamides is 1. The Kier molecular flexibility index (Phi) is 7.27. The van der Waals surface area contributed by atoms with E-state index < -0.39 is 10.0 Å². The highest BCUT2D eigenvalue weighted by Gasteiger charge is 2.24. The van der Waals surface area contributed by atoms with Gasteiger partial charge >= 0.3 is 0 Å². The number of benzene rings is 2. The number of anilines is 1. The highest BCUT2D eigenvalue weighted by molar-refractivity contribution is 7.92. The Morgan fingerprint density at radius 1 is 1.19 bits per heavy atom. The molecule has 0 fully saturated rings. The highest BCUT2D eigenvalue weighted by atomic mass is 32.2. The number of hydrogen-bond donors (Lipinski definition) is 3. The Balaban J connectivity index is 1.57. The van der Waals surface area contributed by atoms with Gasteiger partial charge in [-0.3, -0.25) is 14.2 Å². The number of methoxy groups -OCH3 is 1. The topological polar surface area (TPSA) is 154 Å². The van der Waals surface area contributed by atoms with Crippen LogP contribution in [0.1, 0.15) is 29.2 Å². The molecule has 0 atom stereocenters. The molecular weight excluding hydrogens is 484 g/mol. The van der Waals surface area contributed by atoms with Crippen LogP contribution in [0.2, 0.25) is 0 Å². The van der Waals surface area contributed by atoms with Crippen LogP contribution >= 0.6 is 0 Å². The van der Waals surface area contributed by atoms with E-state index in [0.717, 1.165) is 22.3 Å². The summed E-state index contributed by atoms with van der Waals surface area (Å²) in [5.41, 5.74) is 9.14. The van der Waals surface area contributed by atoms with Gasteiger partial charge in [-0.05, 0) is 48.2 Å². The summed E-state index contributed by atoms with van der Waals surface area (Å²) in [6.45, 7) is 4.52. The smallest absolute Gasteiger partial charge is 0.266 e. The van der Waals surface area contributed by atoms with E-state index in [4.69, 9.17) is 15.0 Å². The molecule has 190 valence electrons. The SMILES string of the molecule is CCc1ccc(OC)c(S(=O)(=O)Nc2noc3cc(Cn4cc(CNC(=O)CN)cn4)cc(C)c23)c1. The van der Waals surface area contributed by atoms with Gasteiger partial charge in [0, 0.05) is 18.3 Å². The number of carbonyl (C=O) groups is 1. The lowest BCUT2D eigenvalue weighted by molar-refractivity contribution is -0.119. The molecule has 0 bridgehead atoms. The number of ether oxygens (including phenoxy) is 1. The van der Waals surface area contributed by atoms with Crippen LogP contribution in [-0.4, -0.2) is 42.9 Å². The van der Waals surface area contributed by atoms with Gasteiger partial charge in [0.1, 0.15) is 10.6 Å². The van der Waals surface area contributed by atoms with Crippen molar-refractivity contribution in [2.45, 2.75) is 38.3 Å². The van der Waals surface area contributed by atoms with Gasteiger partial charge in [-0.15, -0.1) is 0 Å². The zero-order valence-electron chi connectivity index (χ0n) is 20.2. The van der Waals surface area contributed by atoms with Crippen molar-refractivity contribution in [3.8, 4) is 5.75 Å². The molecule has 1 amide bonds. The summed E-state index contributed by atoms with van der Waals surface area (Å²) in [5, 5.41) is 11.6. The van der Waals surface area contributed by atoms with Crippen LogP contribution in [0.4, 0.5) is 5.82 Å². The maximum atomic E-state index is 13.2. The van der Waals surface area contributed by atoms with E-state index in [2.05, 4.69) is 20.3 Å². The first kappa shape index (κ1) is 25.2. The first-order chi connectivity index (χ1) is 17.2. The second-order valence-corrected chi connectivity index (χ2v) is 9.94. The van der Waals surface area contributed by atoms with Crippen molar-refractivity contribution in [1.82, 2.24) is 20.3 Å². The first-order valence-electron chi connectivity index (χ1n) is 11.3. The molecule has 2 aromatic heterocycles. The van der Waals surface area contributed by atoms with E-state index in [0.29, 0.717) is 30.5 Å². The van der Waals surface area contributed by atoms with Crippen molar-refractivity contribution in [3.05, 3.63) is 65.0 Å². The predicted molar refractivity (Wildman–Crippen MR) is 134 cm³/mol. The Labute approximate surface area is 208 Å². The van der Waals surface area contributed by atoms with Crippen molar-refractivity contribution >= 4 is 32.7 Å². The molecule has 4 aromatic rings. The van der Waals surface area contributed by atoms with Crippen molar-refractivity contribution in [2.75, 3.05) is 18.4 Å². The average molecular weight is 513 g/mol. The zero-order valence-corrected chi connectivity index (χ0v) is 21.1. The maximum absolute atomic E-state index is 13.2. The number of nitrogens with zero attached hydrogens (tertiary/aromatic N) is 3. The van der Waals surface area contributed by atoms with Gasteiger partial charge in [0.25, 0.3) is 10.0 Å². The number of nitrogens with one attached hydrogen (secondary N) is 2. The summed E-state index contributed by atoms with van der Waals surface area (Å²) in [7, 11) is -2.56. The summed E-state index contributed by atoms with van der Waals surface area (Å²) in [4.78, 5) is 11.4. The summed E-state index contributed by atoms with van der Waals surface area (Å²) in [6, 6.07) is 8.77.